The van der Waals surface area contributed by atoms with E-state index < -0.39 is 0 Å². The Labute approximate surface area is 161 Å². The largest absolute Gasteiger partial charge is 0.497 e. The van der Waals surface area contributed by atoms with Gasteiger partial charge in [-0.25, -0.2) is 0 Å². The highest BCUT2D eigenvalue weighted by Crippen LogP contribution is 2.29. The Balaban J connectivity index is 1.37. The molecule has 0 saturated carbocycles. The second kappa shape index (κ2) is 7.61. The van der Waals surface area contributed by atoms with Crippen molar-refractivity contribution in [1.82, 2.24) is 4.90 Å². The number of methoxy groups -OCH3 is 1. The van der Waals surface area contributed by atoms with Crippen LogP contribution in [0.5, 0.6) is 5.75 Å². The maximum Gasteiger partial charge on any atom is 0.244 e. The molecule has 2 aliphatic rings. The molecule has 0 N–H and O–H groups in total. The molecule has 27 heavy (non-hydrogen) atoms. The highest BCUT2D eigenvalue weighted by atomic mass is 16.5. The molecule has 1 atom stereocenters. The van der Waals surface area contributed by atoms with E-state index in [1.54, 1.807) is 7.11 Å². The van der Waals surface area contributed by atoms with Crippen molar-refractivity contribution < 1.29 is 9.53 Å². The number of benzene rings is 2. The monoisotopic (exact) mass is 365 g/mol. The third-order valence-electron chi connectivity index (χ3n) is 5.81. The maximum absolute atomic E-state index is 13.1. The molecular weight excluding hydrogens is 338 g/mol. The Bertz CT molecular complexity index is 797. The predicted octanol–water partition coefficient (Wildman–Crippen LogP) is 2.80. The molecule has 1 fully saturated rings. The van der Waals surface area contributed by atoms with Crippen LogP contribution in [0.4, 0.5) is 11.4 Å². The second-order valence-electron chi connectivity index (χ2n) is 7.27. The molecule has 0 unspecified atom stereocenters. The summed E-state index contributed by atoms with van der Waals surface area (Å²) >= 11 is 0. The van der Waals surface area contributed by atoms with E-state index in [1.165, 1.54) is 11.3 Å². The van der Waals surface area contributed by atoms with E-state index in [2.05, 4.69) is 40.1 Å². The zero-order valence-corrected chi connectivity index (χ0v) is 16.1. The summed E-state index contributed by atoms with van der Waals surface area (Å²) in [5, 5.41) is 0. The second-order valence-corrected chi connectivity index (χ2v) is 7.27. The summed E-state index contributed by atoms with van der Waals surface area (Å²) in [6.07, 6.45) is 0.958. The van der Waals surface area contributed by atoms with E-state index in [-0.39, 0.29) is 11.9 Å². The van der Waals surface area contributed by atoms with Gasteiger partial charge in [-0.15, -0.1) is 0 Å². The van der Waals surface area contributed by atoms with Crippen molar-refractivity contribution in [2.24, 2.45) is 0 Å². The molecule has 0 bridgehead atoms. The van der Waals surface area contributed by atoms with Crippen LogP contribution in [0.2, 0.25) is 0 Å². The SMILES string of the molecule is COc1ccc(N2CCN([C@@H](C)C(=O)N3CCc4ccccc43)CC2)cc1. The number of anilines is 2. The van der Waals surface area contributed by atoms with Crippen LogP contribution >= 0.6 is 0 Å². The number of rotatable bonds is 4. The minimum Gasteiger partial charge on any atom is -0.497 e. The van der Waals surface area contributed by atoms with Crippen LogP contribution < -0.4 is 14.5 Å². The number of para-hydroxylation sites is 1. The smallest absolute Gasteiger partial charge is 0.244 e. The molecule has 2 heterocycles. The van der Waals surface area contributed by atoms with Crippen LogP contribution in [-0.4, -0.2) is 56.7 Å². The Kier molecular flexibility index (Phi) is 5.03. The fraction of sp³-hybridized carbons (Fsp3) is 0.409. The zero-order chi connectivity index (χ0) is 18.8. The number of ether oxygens (including phenoxy) is 1. The number of amides is 1. The molecule has 2 aliphatic heterocycles. The van der Waals surface area contributed by atoms with Crippen molar-refractivity contribution in [2.45, 2.75) is 19.4 Å². The van der Waals surface area contributed by atoms with Gasteiger partial charge in [0.05, 0.1) is 13.2 Å². The summed E-state index contributed by atoms with van der Waals surface area (Å²) in [5.41, 5.74) is 3.58. The molecule has 0 radical (unpaired) electrons. The Morgan fingerprint density at radius 1 is 0.963 bits per heavy atom. The average Bonchev–Trinajstić information content (AvgIpc) is 3.17. The highest BCUT2D eigenvalue weighted by molar-refractivity contribution is 5.98. The third-order valence-corrected chi connectivity index (χ3v) is 5.81. The number of carbonyl (C=O) groups excluding carboxylic acids is 1. The first-order valence-electron chi connectivity index (χ1n) is 9.69. The minimum absolute atomic E-state index is 0.0887. The molecule has 0 aliphatic carbocycles. The molecule has 0 aromatic heterocycles. The summed E-state index contributed by atoms with van der Waals surface area (Å²) in [5.74, 6) is 1.10. The molecule has 5 nitrogen and oxygen atoms in total. The van der Waals surface area contributed by atoms with Gasteiger partial charge in [-0.05, 0) is 49.2 Å². The van der Waals surface area contributed by atoms with Gasteiger partial charge in [0.25, 0.3) is 0 Å². The first kappa shape index (κ1) is 17.9. The summed E-state index contributed by atoms with van der Waals surface area (Å²) in [7, 11) is 1.69. The molecule has 142 valence electrons. The third kappa shape index (κ3) is 3.52. The first-order chi connectivity index (χ1) is 13.2. The topological polar surface area (TPSA) is 36.0 Å². The van der Waals surface area contributed by atoms with E-state index in [0.717, 1.165) is 50.6 Å². The van der Waals surface area contributed by atoms with Crippen molar-refractivity contribution in [2.75, 3.05) is 49.6 Å². The fourth-order valence-corrected chi connectivity index (χ4v) is 4.11. The van der Waals surface area contributed by atoms with E-state index in [4.69, 9.17) is 4.74 Å². The van der Waals surface area contributed by atoms with Crippen LogP contribution in [-0.2, 0) is 11.2 Å². The van der Waals surface area contributed by atoms with Crippen molar-refractivity contribution in [1.29, 1.82) is 0 Å². The van der Waals surface area contributed by atoms with Crippen LogP contribution in [0.3, 0.4) is 0 Å². The molecule has 0 spiro atoms. The fourth-order valence-electron chi connectivity index (χ4n) is 4.11. The lowest BCUT2D eigenvalue weighted by molar-refractivity contribution is -0.123. The number of hydrogen-bond donors (Lipinski definition) is 0. The molecule has 2 aromatic rings. The normalized spacial score (nSPS) is 18.3. The maximum atomic E-state index is 13.1. The molecule has 2 aromatic carbocycles. The lowest BCUT2D eigenvalue weighted by Crippen LogP contribution is -2.54. The summed E-state index contributed by atoms with van der Waals surface area (Å²) in [6.45, 7) is 6.50. The number of nitrogens with zero attached hydrogens (tertiary/aromatic N) is 3. The lowest BCUT2D eigenvalue weighted by atomic mass is 10.1. The molecule has 4 rings (SSSR count). The van der Waals surface area contributed by atoms with Crippen molar-refractivity contribution >= 4 is 17.3 Å². The number of carbonyl (C=O) groups is 1. The van der Waals surface area contributed by atoms with Gasteiger partial charge in [0, 0.05) is 44.1 Å². The zero-order valence-electron chi connectivity index (χ0n) is 16.1. The van der Waals surface area contributed by atoms with Crippen LogP contribution in [0.25, 0.3) is 0 Å². The van der Waals surface area contributed by atoms with Crippen LogP contribution in [0.15, 0.2) is 48.5 Å². The molecule has 1 amide bonds. The summed E-state index contributed by atoms with van der Waals surface area (Å²) in [4.78, 5) is 19.7. The standard InChI is InChI=1S/C22H27N3O2/c1-17(22(26)25-12-11-18-5-3-4-6-21(18)25)23-13-15-24(16-14-23)19-7-9-20(27-2)10-8-19/h3-10,17H,11-16H2,1-2H3/t17-/m0/s1. The van der Waals surface area contributed by atoms with Gasteiger partial charge >= 0.3 is 0 Å². The van der Waals surface area contributed by atoms with E-state index in [9.17, 15) is 4.79 Å². The van der Waals surface area contributed by atoms with Crippen molar-refractivity contribution in [3.8, 4) is 5.75 Å². The quantitative estimate of drug-likeness (QED) is 0.835. The van der Waals surface area contributed by atoms with Gasteiger partial charge in [-0.1, -0.05) is 18.2 Å². The molecular formula is C22H27N3O2. The van der Waals surface area contributed by atoms with Gasteiger partial charge < -0.3 is 14.5 Å². The van der Waals surface area contributed by atoms with Crippen LogP contribution in [0, 0.1) is 0 Å². The van der Waals surface area contributed by atoms with Crippen molar-refractivity contribution in [3.05, 3.63) is 54.1 Å². The lowest BCUT2D eigenvalue weighted by Gasteiger charge is -2.39. The van der Waals surface area contributed by atoms with Gasteiger partial charge in [0.2, 0.25) is 5.91 Å². The van der Waals surface area contributed by atoms with E-state index in [0.29, 0.717) is 0 Å². The predicted molar refractivity (Wildman–Crippen MR) is 109 cm³/mol. The van der Waals surface area contributed by atoms with Gasteiger partial charge in [0.15, 0.2) is 0 Å². The number of piperazine rings is 1. The number of fused-ring (bicyclic) bond motifs is 1. The Morgan fingerprint density at radius 3 is 2.37 bits per heavy atom. The Hall–Kier alpha value is -2.53. The van der Waals surface area contributed by atoms with Gasteiger partial charge in [0.1, 0.15) is 5.75 Å². The molecule has 5 heteroatoms. The first-order valence-corrected chi connectivity index (χ1v) is 9.69. The summed E-state index contributed by atoms with van der Waals surface area (Å²) < 4.78 is 5.24. The van der Waals surface area contributed by atoms with Gasteiger partial charge in [-0.3, -0.25) is 9.69 Å². The number of hydrogen-bond acceptors (Lipinski definition) is 4. The summed E-state index contributed by atoms with van der Waals surface area (Å²) in [6, 6.07) is 16.4. The minimum atomic E-state index is -0.0887. The van der Waals surface area contributed by atoms with Crippen molar-refractivity contribution in [3.63, 3.8) is 0 Å². The van der Waals surface area contributed by atoms with Crippen LogP contribution in [0.1, 0.15) is 12.5 Å². The van der Waals surface area contributed by atoms with Gasteiger partial charge in [-0.2, -0.15) is 0 Å². The van der Waals surface area contributed by atoms with E-state index >= 15 is 0 Å². The van der Waals surface area contributed by atoms with E-state index in [1.807, 2.05) is 30.0 Å². The molecule has 1 saturated heterocycles. The average molecular weight is 365 g/mol. The highest BCUT2D eigenvalue weighted by Gasteiger charge is 2.32. The Morgan fingerprint density at radius 2 is 1.67 bits per heavy atom.